The van der Waals surface area contributed by atoms with Gasteiger partial charge in [-0.2, -0.15) is 6.07 Å². The van der Waals surface area contributed by atoms with Crippen LogP contribution in [0.5, 0.6) is 0 Å². The van der Waals surface area contributed by atoms with E-state index >= 15 is 0 Å². The molecule has 0 atom stereocenters. The Balaban J connectivity index is 0.000000845. The smallest absolute Gasteiger partial charge is 0.586 e. The third-order valence-electron chi connectivity index (χ3n) is 1.65. The molecule has 0 aliphatic carbocycles. The van der Waals surface area contributed by atoms with Crippen LogP contribution in [0.4, 0.5) is 0 Å². The van der Waals surface area contributed by atoms with E-state index in [2.05, 4.69) is 11.3 Å². The molecule has 0 fully saturated rings. The van der Waals surface area contributed by atoms with Crippen molar-refractivity contribution in [2.24, 2.45) is 4.99 Å². The summed E-state index contributed by atoms with van der Waals surface area (Å²) >= 11 is 0. The summed E-state index contributed by atoms with van der Waals surface area (Å²) in [6.07, 6.45) is 2.60. The van der Waals surface area contributed by atoms with Crippen molar-refractivity contribution < 1.29 is 28.0 Å². The van der Waals surface area contributed by atoms with E-state index in [4.69, 9.17) is 9.15 Å². The maximum Gasteiger partial charge on any atom is 1.00 e. The van der Waals surface area contributed by atoms with E-state index in [1.54, 1.807) is 12.1 Å². The molecule has 1 aliphatic rings. The fourth-order valence-corrected chi connectivity index (χ4v) is 1.07. The van der Waals surface area contributed by atoms with Gasteiger partial charge in [0.25, 0.3) is 0 Å². The predicted octanol–water partition coefficient (Wildman–Crippen LogP) is -1.36. The summed E-state index contributed by atoms with van der Waals surface area (Å²) in [6, 6.07) is 3.49. The molecule has 0 aromatic carbocycles. The summed E-state index contributed by atoms with van der Waals surface area (Å²) in [4.78, 5) is 4.34. The van der Waals surface area contributed by atoms with Gasteiger partial charge in [-0.15, -0.1) is 6.07 Å². The second-order valence-corrected chi connectivity index (χ2v) is 3.44. The first kappa shape index (κ1) is 10.4. The fraction of sp³-hybridized carbons (Fsp3) is 0.444. The first-order valence-electron chi connectivity index (χ1n) is 3.86. The molecule has 64 valence electrons. The number of furan rings is 1. The molecule has 1 aromatic rings. The van der Waals surface area contributed by atoms with Crippen LogP contribution >= 0.6 is 0 Å². The Morgan fingerprint density at radius 1 is 1.54 bits per heavy atom. The van der Waals surface area contributed by atoms with Gasteiger partial charge >= 0.3 is 18.9 Å². The number of ether oxygens (including phenoxy) is 1. The quantitative estimate of drug-likeness (QED) is 0.386. The molecule has 0 unspecified atom stereocenters. The molecule has 0 amide bonds. The van der Waals surface area contributed by atoms with Gasteiger partial charge in [0.15, 0.2) is 5.90 Å². The van der Waals surface area contributed by atoms with Crippen LogP contribution in [-0.2, 0) is 4.74 Å². The third kappa shape index (κ3) is 2.18. The maximum atomic E-state index is 5.35. The monoisotopic (exact) mass is 171 g/mol. The fourth-order valence-electron chi connectivity index (χ4n) is 1.07. The van der Waals surface area contributed by atoms with E-state index < -0.39 is 0 Å². The number of nitrogens with zero attached hydrogens (tertiary/aromatic N) is 1. The molecule has 1 aromatic heterocycles. The Hall–Kier alpha value is -0.653. The molecule has 3 nitrogen and oxygen atoms in total. The minimum Gasteiger partial charge on any atom is -0.586 e. The van der Waals surface area contributed by atoms with Crippen molar-refractivity contribution in [2.75, 3.05) is 6.61 Å². The second kappa shape index (κ2) is 3.61. The van der Waals surface area contributed by atoms with Crippen LogP contribution in [0, 0.1) is 6.26 Å². The molecule has 0 saturated heterocycles. The normalized spacial score (nSPS) is 18.8. The molecule has 0 N–H and O–H groups in total. The van der Waals surface area contributed by atoms with Gasteiger partial charge < -0.3 is 9.15 Å². The second-order valence-electron chi connectivity index (χ2n) is 3.44. The van der Waals surface area contributed by atoms with E-state index in [1.165, 1.54) is 0 Å². The van der Waals surface area contributed by atoms with Crippen molar-refractivity contribution in [2.45, 2.75) is 19.4 Å². The molecule has 2 rings (SSSR count). The van der Waals surface area contributed by atoms with Crippen molar-refractivity contribution in [3.05, 3.63) is 24.2 Å². The van der Waals surface area contributed by atoms with Crippen LogP contribution in [0.3, 0.4) is 0 Å². The Morgan fingerprint density at radius 2 is 2.31 bits per heavy atom. The van der Waals surface area contributed by atoms with Crippen LogP contribution in [-0.4, -0.2) is 18.0 Å². The molecule has 2 heterocycles. The zero-order chi connectivity index (χ0) is 8.60. The first-order chi connectivity index (χ1) is 5.67. The van der Waals surface area contributed by atoms with Gasteiger partial charge in [-0.05, 0) is 20.1 Å². The van der Waals surface area contributed by atoms with E-state index in [1.807, 2.05) is 13.8 Å². The van der Waals surface area contributed by atoms with Gasteiger partial charge in [-0.3, -0.25) is 4.99 Å². The molecule has 13 heavy (non-hydrogen) atoms. The summed E-state index contributed by atoms with van der Waals surface area (Å²) in [5.74, 6) is 1.24. The number of hydrogen-bond acceptors (Lipinski definition) is 3. The third-order valence-corrected chi connectivity index (χ3v) is 1.65. The SMILES string of the molecule is CC1(C)COC(c2cc[c-]o2)=N1.[Li+]. The maximum absolute atomic E-state index is 5.35. The zero-order valence-corrected chi connectivity index (χ0v) is 8.13. The van der Waals surface area contributed by atoms with Gasteiger partial charge in [0, 0.05) is 5.76 Å². The standard InChI is InChI=1S/C9H10NO2.Li/c1-9(2)6-12-8(10-9)7-4-3-5-11-7;/h3-4H,6H2,1-2H3;/q-1;+1. The Kier molecular flexibility index (Phi) is 2.90. The van der Waals surface area contributed by atoms with E-state index in [0.717, 1.165) is 0 Å². The summed E-state index contributed by atoms with van der Waals surface area (Å²) in [5, 5.41) is 0. The molecular formula is C9H10LiNO2. The molecule has 1 aliphatic heterocycles. The number of hydrogen-bond donors (Lipinski definition) is 0. The van der Waals surface area contributed by atoms with Crippen LogP contribution in [0.1, 0.15) is 19.6 Å². The van der Waals surface area contributed by atoms with Crippen molar-refractivity contribution in [1.82, 2.24) is 0 Å². The molecule has 4 heteroatoms. The summed E-state index contributed by atoms with van der Waals surface area (Å²) in [7, 11) is 0. The minimum atomic E-state index is -0.123. The topological polar surface area (TPSA) is 34.7 Å². The molecule has 0 bridgehead atoms. The van der Waals surface area contributed by atoms with Gasteiger partial charge in [0.05, 0.1) is 5.54 Å². The van der Waals surface area contributed by atoms with Crippen molar-refractivity contribution in [3.8, 4) is 0 Å². The van der Waals surface area contributed by atoms with Gasteiger partial charge in [-0.25, -0.2) is 0 Å². The van der Waals surface area contributed by atoms with Crippen LogP contribution in [0.25, 0.3) is 0 Å². The predicted molar refractivity (Wildman–Crippen MR) is 44.1 cm³/mol. The largest absolute Gasteiger partial charge is 1.00 e. The average Bonchev–Trinajstić information content (AvgIpc) is 2.55. The van der Waals surface area contributed by atoms with Crippen LogP contribution < -0.4 is 18.9 Å². The van der Waals surface area contributed by atoms with Gasteiger partial charge in [0.2, 0.25) is 0 Å². The molecule has 0 spiro atoms. The summed E-state index contributed by atoms with van der Waals surface area (Å²) in [5.41, 5.74) is -0.123. The minimum absolute atomic E-state index is 0. The van der Waals surface area contributed by atoms with E-state index in [9.17, 15) is 0 Å². The Morgan fingerprint density at radius 3 is 2.77 bits per heavy atom. The Bertz CT molecular complexity index is 303. The average molecular weight is 171 g/mol. The van der Waals surface area contributed by atoms with Gasteiger partial charge in [-0.1, -0.05) is 0 Å². The molecule has 0 radical (unpaired) electrons. The van der Waals surface area contributed by atoms with Gasteiger partial charge in [0.1, 0.15) is 6.61 Å². The Labute approximate surface area is 89.4 Å². The van der Waals surface area contributed by atoms with Crippen LogP contribution in [0.15, 0.2) is 21.5 Å². The zero-order valence-electron chi connectivity index (χ0n) is 8.13. The van der Waals surface area contributed by atoms with E-state index in [-0.39, 0.29) is 24.4 Å². The first-order valence-corrected chi connectivity index (χ1v) is 3.86. The van der Waals surface area contributed by atoms with Crippen molar-refractivity contribution in [3.63, 3.8) is 0 Å². The number of aliphatic imine (C=N–C) groups is 1. The summed E-state index contributed by atoms with van der Waals surface area (Å²) < 4.78 is 10.4. The van der Waals surface area contributed by atoms with Crippen molar-refractivity contribution >= 4 is 5.90 Å². The van der Waals surface area contributed by atoms with Crippen molar-refractivity contribution in [1.29, 1.82) is 0 Å². The van der Waals surface area contributed by atoms with Crippen LogP contribution in [0.2, 0.25) is 0 Å². The molecular weight excluding hydrogens is 161 g/mol. The van der Waals surface area contributed by atoms with E-state index in [0.29, 0.717) is 18.3 Å². The molecule has 0 saturated carbocycles. The summed E-state index contributed by atoms with van der Waals surface area (Å²) in [6.45, 7) is 4.66. The number of rotatable bonds is 1.